The number of imidazole rings is 1. The number of likely N-dealkylation sites (N-methyl/N-ethyl adjacent to an activating group) is 1. The van der Waals surface area contributed by atoms with Crippen molar-refractivity contribution < 1.29 is 23.5 Å². The number of hydrogen-bond donors (Lipinski definition) is 1. The lowest BCUT2D eigenvalue weighted by molar-refractivity contribution is -0.141. The molecule has 0 bridgehead atoms. The third-order valence-electron chi connectivity index (χ3n) is 7.75. The Labute approximate surface area is 266 Å². The first kappa shape index (κ1) is 32.2. The van der Waals surface area contributed by atoms with Crippen molar-refractivity contribution in [2.24, 2.45) is 0 Å². The molecule has 0 fully saturated rings. The van der Waals surface area contributed by atoms with Crippen LogP contribution in [0.1, 0.15) is 56.1 Å². The fourth-order valence-corrected chi connectivity index (χ4v) is 5.51. The number of anilines is 1. The van der Waals surface area contributed by atoms with E-state index in [-0.39, 0.29) is 5.82 Å². The zero-order chi connectivity index (χ0) is 33.7. The lowest BCUT2D eigenvalue weighted by atomic mass is 10.00. The van der Waals surface area contributed by atoms with Crippen molar-refractivity contribution >= 4 is 23.6 Å². The van der Waals surface area contributed by atoms with Gasteiger partial charge in [0, 0.05) is 50.7 Å². The summed E-state index contributed by atoms with van der Waals surface area (Å²) in [6.07, 6.45) is 3.18. The molecule has 1 atom stereocenters. The highest BCUT2D eigenvalue weighted by Crippen LogP contribution is 2.36. The zero-order valence-corrected chi connectivity index (χ0v) is 27.2. The number of aromatic nitrogens is 4. The monoisotopic (exact) mass is 631 g/mol. The van der Waals surface area contributed by atoms with Crippen molar-refractivity contribution in [2.45, 2.75) is 59.6 Å². The summed E-state index contributed by atoms with van der Waals surface area (Å²) in [5.41, 5.74) is 2.63. The maximum absolute atomic E-state index is 14.7. The molecule has 13 heteroatoms. The van der Waals surface area contributed by atoms with Crippen LogP contribution in [0.3, 0.4) is 0 Å². The molecule has 3 amide bonds. The molecular weight excluding hydrogens is 593 g/mol. The minimum Gasteiger partial charge on any atom is -0.444 e. The van der Waals surface area contributed by atoms with Gasteiger partial charge in [0.05, 0.1) is 23.1 Å². The molecule has 0 spiro atoms. The van der Waals surface area contributed by atoms with Crippen LogP contribution in [0.5, 0.6) is 0 Å². The second kappa shape index (κ2) is 12.0. The number of aryl methyl sites for hydroxylation is 2. The highest BCUT2D eigenvalue weighted by molar-refractivity contribution is 6.39. The SMILES string of the molecule is Cc1cc(-n2nc3c(c2-n2ccn(-c4ccc(NC(=O)C(=O)N(C)C)cc4)c2=O)[C@H](C)N(C(=O)OC(C)(C)C)CC3)cc(C)c1F. The number of ether oxygens (including phenoxy) is 1. The Morgan fingerprint density at radius 3 is 2.20 bits per heavy atom. The molecular formula is C33H38FN7O5. The minimum atomic E-state index is -0.778. The van der Waals surface area contributed by atoms with Crippen LogP contribution >= 0.6 is 0 Å². The molecule has 46 heavy (non-hydrogen) atoms. The van der Waals surface area contributed by atoms with Crippen molar-refractivity contribution in [3.8, 4) is 17.2 Å². The second-order valence-electron chi connectivity index (χ2n) is 12.6. The Balaban J connectivity index is 1.60. The Morgan fingerprint density at radius 2 is 1.61 bits per heavy atom. The third kappa shape index (κ3) is 6.04. The smallest absolute Gasteiger partial charge is 0.410 e. The molecule has 0 radical (unpaired) electrons. The number of rotatable bonds is 4. The van der Waals surface area contributed by atoms with Crippen LogP contribution in [0.15, 0.2) is 53.6 Å². The fraction of sp³-hybridized carbons (Fsp3) is 0.364. The van der Waals surface area contributed by atoms with Crippen molar-refractivity contribution in [1.82, 2.24) is 28.7 Å². The maximum atomic E-state index is 14.7. The van der Waals surface area contributed by atoms with Gasteiger partial charge in [-0.25, -0.2) is 18.7 Å². The van der Waals surface area contributed by atoms with Crippen LogP contribution in [-0.4, -0.2) is 72.9 Å². The second-order valence-corrected chi connectivity index (χ2v) is 12.6. The van der Waals surface area contributed by atoms with Gasteiger partial charge in [-0.3, -0.25) is 18.7 Å². The van der Waals surface area contributed by atoms with E-state index in [1.807, 2.05) is 6.92 Å². The van der Waals surface area contributed by atoms with Crippen LogP contribution in [0.2, 0.25) is 0 Å². The van der Waals surface area contributed by atoms with Crippen LogP contribution in [-0.2, 0) is 20.7 Å². The highest BCUT2D eigenvalue weighted by Gasteiger charge is 2.37. The number of carbonyl (C=O) groups is 3. The predicted octanol–water partition coefficient (Wildman–Crippen LogP) is 4.45. The lowest BCUT2D eigenvalue weighted by Gasteiger charge is -2.34. The standard InChI is InChI=1S/C33H38FN7O5/c1-19-17-24(18-20(2)27(19)34)41-29(26-21(3)38(14-13-25(26)36-41)32(45)46-33(4,5)6)40-16-15-39(31(40)44)23-11-9-22(10-12-23)35-28(42)30(43)37(7)8/h9-12,15-18,21H,13-14H2,1-8H3,(H,35,42)/t21-/m0/s1. The summed E-state index contributed by atoms with van der Waals surface area (Å²) in [5.74, 6) is -1.36. The van der Waals surface area contributed by atoms with Gasteiger partial charge in [0.15, 0.2) is 0 Å². The number of halogens is 1. The number of nitrogens with one attached hydrogen (secondary N) is 1. The average Bonchev–Trinajstić information content (AvgIpc) is 3.55. The lowest BCUT2D eigenvalue weighted by Crippen LogP contribution is -2.42. The molecule has 5 rings (SSSR count). The quantitative estimate of drug-likeness (QED) is 0.332. The molecule has 12 nitrogen and oxygen atoms in total. The third-order valence-corrected chi connectivity index (χ3v) is 7.75. The molecule has 2 aromatic carbocycles. The summed E-state index contributed by atoms with van der Waals surface area (Å²) >= 11 is 0. The van der Waals surface area contributed by atoms with E-state index in [4.69, 9.17) is 9.84 Å². The average molecular weight is 632 g/mol. The van der Waals surface area contributed by atoms with E-state index in [1.165, 1.54) is 28.1 Å². The number of amides is 3. The topological polar surface area (TPSA) is 124 Å². The zero-order valence-electron chi connectivity index (χ0n) is 27.2. The van der Waals surface area contributed by atoms with Crippen LogP contribution in [0, 0.1) is 19.7 Å². The molecule has 0 unspecified atom stereocenters. The first-order chi connectivity index (χ1) is 21.6. The normalized spacial score (nSPS) is 14.5. The molecule has 242 valence electrons. The summed E-state index contributed by atoms with van der Waals surface area (Å²) in [5, 5.41) is 7.44. The van der Waals surface area contributed by atoms with E-state index in [0.717, 1.165) is 0 Å². The molecule has 2 aromatic heterocycles. The minimum absolute atomic E-state index is 0.319. The summed E-state index contributed by atoms with van der Waals surface area (Å²) in [6.45, 7) is 11.0. The van der Waals surface area contributed by atoms with Crippen molar-refractivity contribution in [2.75, 3.05) is 26.0 Å². The summed E-state index contributed by atoms with van der Waals surface area (Å²) in [4.78, 5) is 54.2. The van der Waals surface area contributed by atoms with Gasteiger partial charge in [0.25, 0.3) is 0 Å². The van der Waals surface area contributed by atoms with Crippen molar-refractivity contribution in [3.05, 3.63) is 87.5 Å². The maximum Gasteiger partial charge on any atom is 0.410 e. The first-order valence-electron chi connectivity index (χ1n) is 14.9. The van der Waals surface area contributed by atoms with Gasteiger partial charge in [0.1, 0.15) is 17.2 Å². The molecule has 0 saturated carbocycles. The van der Waals surface area contributed by atoms with Gasteiger partial charge in [-0.2, -0.15) is 5.10 Å². The van der Waals surface area contributed by atoms with Gasteiger partial charge in [-0.1, -0.05) is 0 Å². The molecule has 1 aliphatic rings. The summed E-state index contributed by atoms with van der Waals surface area (Å²) in [7, 11) is 2.97. The Bertz CT molecular complexity index is 1870. The van der Waals surface area contributed by atoms with Crippen LogP contribution in [0.4, 0.5) is 14.9 Å². The highest BCUT2D eigenvalue weighted by atomic mass is 19.1. The molecule has 0 saturated heterocycles. The Hall–Kier alpha value is -5.20. The number of carbonyl (C=O) groups excluding carboxylic acids is 3. The number of nitrogens with zero attached hydrogens (tertiary/aromatic N) is 6. The van der Waals surface area contributed by atoms with Gasteiger partial charge in [-0.15, -0.1) is 0 Å². The molecule has 3 heterocycles. The fourth-order valence-electron chi connectivity index (χ4n) is 5.51. The van der Waals surface area contributed by atoms with Crippen LogP contribution in [0.25, 0.3) is 17.2 Å². The van der Waals surface area contributed by atoms with Gasteiger partial charge in [0.2, 0.25) is 0 Å². The number of benzene rings is 2. The van der Waals surface area contributed by atoms with E-state index in [0.29, 0.717) is 58.2 Å². The van der Waals surface area contributed by atoms with Crippen molar-refractivity contribution in [1.29, 1.82) is 0 Å². The van der Waals surface area contributed by atoms with Gasteiger partial charge < -0.3 is 19.9 Å². The van der Waals surface area contributed by atoms with Crippen molar-refractivity contribution in [3.63, 3.8) is 0 Å². The largest absolute Gasteiger partial charge is 0.444 e. The summed E-state index contributed by atoms with van der Waals surface area (Å²) in [6, 6.07) is 9.34. The molecule has 0 aliphatic carbocycles. The van der Waals surface area contributed by atoms with E-state index >= 15 is 0 Å². The first-order valence-corrected chi connectivity index (χ1v) is 14.9. The molecule has 4 aromatic rings. The van der Waals surface area contributed by atoms with Gasteiger partial charge >= 0.3 is 23.6 Å². The predicted molar refractivity (Wildman–Crippen MR) is 170 cm³/mol. The van der Waals surface area contributed by atoms with E-state index in [9.17, 15) is 23.6 Å². The van der Waals surface area contributed by atoms with E-state index in [2.05, 4.69) is 5.32 Å². The van der Waals surface area contributed by atoms with E-state index in [1.54, 1.807) is 93.0 Å². The number of hydrogen-bond acceptors (Lipinski definition) is 6. The van der Waals surface area contributed by atoms with Crippen LogP contribution < -0.4 is 11.0 Å². The Morgan fingerprint density at radius 1 is 1.00 bits per heavy atom. The Kier molecular flexibility index (Phi) is 8.37. The van der Waals surface area contributed by atoms with E-state index < -0.39 is 35.2 Å². The van der Waals surface area contributed by atoms with Gasteiger partial charge in [-0.05, 0) is 89.1 Å². The summed E-state index contributed by atoms with van der Waals surface area (Å²) < 4.78 is 24.9. The number of fused-ring (bicyclic) bond motifs is 1. The molecule has 1 N–H and O–H groups in total. The molecule has 1 aliphatic heterocycles.